The number of benzene rings is 2. The zero-order valence-corrected chi connectivity index (χ0v) is 16.7. The molecule has 0 aliphatic carbocycles. The van der Waals surface area contributed by atoms with Crippen molar-refractivity contribution in [2.75, 3.05) is 16.8 Å². The van der Waals surface area contributed by atoms with Crippen LogP contribution in [0.25, 0.3) is 0 Å². The second kappa shape index (κ2) is 9.02. The summed E-state index contributed by atoms with van der Waals surface area (Å²) in [6.07, 6.45) is -0.352. The van der Waals surface area contributed by atoms with E-state index in [1.165, 1.54) is 11.8 Å². The van der Waals surface area contributed by atoms with Gasteiger partial charge in [-0.05, 0) is 43.2 Å². The molecule has 1 saturated heterocycles. The summed E-state index contributed by atoms with van der Waals surface area (Å²) in [5, 5.41) is 2.25. The third-order valence-corrected chi connectivity index (χ3v) is 4.97. The Hall–Kier alpha value is -3.29. The van der Waals surface area contributed by atoms with Crippen molar-refractivity contribution >= 4 is 29.2 Å². The second-order valence-corrected chi connectivity index (χ2v) is 7.12. The van der Waals surface area contributed by atoms with Crippen molar-refractivity contribution < 1.29 is 27.9 Å². The van der Waals surface area contributed by atoms with E-state index in [0.29, 0.717) is 11.8 Å². The van der Waals surface area contributed by atoms with Gasteiger partial charge >= 0.3 is 5.97 Å². The highest BCUT2D eigenvalue weighted by Gasteiger charge is 2.37. The summed E-state index contributed by atoms with van der Waals surface area (Å²) in [5.74, 6) is -4.06. The van der Waals surface area contributed by atoms with Crippen molar-refractivity contribution in [3.05, 3.63) is 59.7 Å². The van der Waals surface area contributed by atoms with Crippen molar-refractivity contribution in [1.82, 2.24) is 0 Å². The van der Waals surface area contributed by atoms with Crippen LogP contribution < -0.4 is 10.2 Å². The number of rotatable bonds is 6. The van der Waals surface area contributed by atoms with Gasteiger partial charge in [0.25, 0.3) is 5.91 Å². The van der Waals surface area contributed by atoms with E-state index in [1.807, 2.05) is 31.2 Å². The minimum atomic E-state index is -1.21. The molecule has 0 bridgehead atoms. The summed E-state index contributed by atoms with van der Waals surface area (Å²) >= 11 is 0. The van der Waals surface area contributed by atoms with E-state index in [9.17, 15) is 23.2 Å². The molecule has 0 saturated carbocycles. The number of carbonyl (C=O) groups excluding carboxylic acids is 3. The zero-order chi connectivity index (χ0) is 21.8. The van der Waals surface area contributed by atoms with Gasteiger partial charge in [0.1, 0.15) is 11.6 Å². The minimum absolute atomic E-state index is 0.0186. The molecule has 2 aromatic rings. The maximum absolute atomic E-state index is 13.7. The Bertz CT molecular complexity index is 962. The number of anilines is 2. The van der Waals surface area contributed by atoms with Gasteiger partial charge in [-0.25, -0.2) is 8.78 Å². The van der Waals surface area contributed by atoms with Crippen LogP contribution in [-0.2, 0) is 25.5 Å². The smallest absolute Gasteiger partial charge is 0.312 e. The third-order valence-electron chi connectivity index (χ3n) is 4.97. The molecule has 1 aliphatic heterocycles. The van der Waals surface area contributed by atoms with Crippen LogP contribution >= 0.6 is 0 Å². The molecular formula is C22H22F2N2O4. The summed E-state index contributed by atoms with van der Waals surface area (Å²) in [6.45, 7) is 3.53. The largest absolute Gasteiger partial charge is 0.452 e. The lowest BCUT2D eigenvalue weighted by Gasteiger charge is -2.18. The average molecular weight is 416 g/mol. The van der Waals surface area contributed by atoms with Crippen LogP contribution in [-0.4, -0.2) is 30.4 Å². The molecule has 1 N–H and O–H groups in total. The van der Waals surface area contributed by atoms with Gasteiger partial charge in [-0.2, -0.15) is 0 Å². The fraction of sp³-hybridized carbons (Fsp3) is 0.318. The number of hydrogen-bond donors (Lipinski definition) is 1. The quantitative estimate of drug-likeness (QED) is 0.732. The molecule has 0 spiro atoms. The number of nitrogens with zero attached hydrogens (tertiary/aromatic N) is 1. The highest BCUT2D eigenvalue weighted by molar-refractivity contribution is 6.00. The predicted octanol–water partition coefficient (Wildman–Crippen LogP) is 3.45. The molecule has 2 amide bonds. The Balaban J connectivity index is 1.58. The van der Waals surface area contributed by atoms with E-state index in [-0.39, 0.29) is 24.6 Å². The summed E-state index contributed by atoms with van der Waals surface area (Å²) in [7, 11) is 0. The topological polar surface area (TPSA) is 75.7 Å². The lowest BCUT2D eigenvalue weighted by Crippen LogP contribution is -2.33. The van der Waals surface area contributed by atoms with Crippen LogP contribution in [0, 0.1) is 17.6 Å². The molecule has 2 atom stereocenters. The van der Waals surface area contributed by atoms with Gasteiger partial charge in [0.15, 0.2) is 6.10 Å². The molecule has 158 valence electrons. The van der Waals surface area contributed by atoms with Crippen LogP contribution in [0.3, 0.4) is 0 Å². The molecule has 0 radical (unpaired) electrons. The van der Waals surface area contributed by atoms with Gasteiger partial charge in [-0.15, -0.1) is 0 Å². The molecule has 8 heteroatoms. The van der Waals surface area contributed by atoms with Crippen molar-refractivity contribution in [3.63, 3.8) is 0 Å². The number of aryl methyl sites for hydroxylation is 1. The van der Waals surface area contributed by atoms with Crippen molar-refractivity contribution in [2.24, 2.45) is 5.92 Å². The Morgan fingerprint density at radius 2 is 1.90 bits per heavy atom. The molecule has 0 unspecified atom stereocenters. The normalized spacial score (nSPS) is 17.0. The number of nitrogens with one attached hydrogen (secondary N) is 1. The summed E-state index contributed by atoms with van der Waals surface area (Å²) < 4.78 is 31.8. The van der Waals surface area contributed by atoms with E-state index in [2.05, 4.69) is 5.32 Å². The summed E-state index contributed by atoms with van der Waals surface area (Å²) in [6, 6.07) is 10.2. The highest BCUT2D eigenvalue weighted by atomic mass is 19.1. The number of amides is 2. The van der Waals surface area contributed by atoms with Gasteiger partial charge in [0, 0.05) is 24.7 Å². The first-order valence-electron chi connectivity index (χ1n) is 9.64. The van der Waals surface area contributed by atoms with E-state index in [4.69, 9.17) is 4.74 Å². The molecule has 3 rings (SSSR count). The van der Waals surface area contributed by atoms with Crippen LogP contribution in [0.15, 0.2) is 42.5 Å². The number of hydrogen-bond acceptors (Lipinski definition) is 4. The summed E-state index contributed by atoms with van der Waals surface area (Å²) in [4.78, 5) is 38.5. The standard InChI is InChI=1S/C22H22F2N2O4/c1-3-14-4-7-17(8-5-14)26-12-15(10-20(26)27)22(29)30-13(2)21(28)25-19-9-6-16(23)11-18(19)24/h4-9,11,13,15H,3,10,12H2,1-2H3,(H,25,28)/t13-,15+/m0/s1. The molecule has 2 aromatic carbocycles. The van der Waals surface area contributed by atoms with Crippen LogP contribution in [0.5, 0.6) is 0 Å². The first-order valence-corrected chi connectivity index (χ1v) is 9.64. The summed E-state index contributed by atoms with van der Waals surface area (Å²) in [5.41, 5.74) is 1.62. The minimum Gasteiger partial charge on any atom is -0.452 e. The molecule has 1 fully saturated rings. The number of carbonyl (C=O) groups is 3. The molecule has 0 aromatic heterocycles. The van der Waals surface area contributed by atoms with E-state index in [0.717, 1.165) is 24.1 Å². The zero-order valence-electron chi connectivity index (χ0n) is 16.7. The number of esters is 1. The van der Waals surface area contributed by atoms with Gasteiger partial charge in [-0.1, -0.05) is 19.1 Å². The van der Waals surface area contributed by atoms with Crippen molar-refractivity contribution in [2.45, 2.75) is 32.8 Å². The van der Waals surface area contributed by atoms with Gasteiger partial charge in [-0.3, -0.25) is 14.4 Å². The second-order valence-electron chi connectivity index (χ2n) is 7.12. The van der Waals surface area contributed by atoms with Gasteiger partial charge < -0.3 is 15.0 Å². The fourth-order valence-electron chi connectivity index (χ4n) is 3.18. The maximum atomic E-state index is 13.7. The lowest BCUT2D eigenvalue weighted by atomic mass is 10.1. The first kappa shape index (κ1) is 21.4. The maximum Gasteiger partial charge on any atom is 0.312 e. The number of ether oxygens (including phenoxy) is 1. The van der Waals surface area contributed by atoms with Crippen LogP contribution in [0.4, 0.5) is 20.2 Å². The Labute approximate surface area is 172 Å². The molecule has 6 nitrogen and oxygen atoms in total. The molecule has 1 aliphatic rings. The van der Waals surface area contributed by atoms with Crippen LogP contribution in [0.1, 0.15) is 25.8 Å². The SMILES string of the molecule is CCc1ccc(N2C[C@H](C(=O)O[C@@H](C)C(=O)Nc3ccc(F)cc3F)CC2=O)cc1. The Kier molecular flexibility index (Phi) is 6.44. The van der Waals surface area contributed by atoms with Crippen molar-refractivity contribution in [3.8, 4) is 0 Å². The average Bonchev–Trinajstić information content (AvgIpc) is 3.11. The Morgan fingerprint density at radius 3 is 2.53 bits per heavy atom. The number of halogens is 2. The fourth-order valence-corrected chi connectivity index (χ4v) is 3.18. The van der Waals surface area contributed by atoms with Gasteiger partial charge in [0.05, 0.1) is 11.6 Å². The van der Waals surface area contributed by atoms with E-state index in [1.54, 1.807) is 0 Å². The molecule has 1 heterocycles. The lowest BCUT2D eigenvalue weighted by molar-refractivity contribution is -0.157. The van der Waals surface area contributed by atoms with Gasteiger partial charge in [0.2, 0.25) is 5.91 Å². The van der Waals surface area contributed by atoms with E-state index >= 15 is 0 Å². The first-order chi connectivity index (χ1) is 14.3. The molecular weight excluding hydrogens is 394 g/mol. The monoisotopic (exact) mass is 416 g/mol. The van der Waals surface area contributed by atoms with Crippen molar-refractivity contribution in [1.29, 1.82) is 0 Å². The predicted molar refractivity (Wildman–Crippen MR) is 107 cm³/mol. The van der Waals surface area contributed by atoms with Crippen LogP contribution in [0.2, 0.25) is 0 Å². The van der Waals surface area contributed by atoms with E-state index < -0.39 is 35.5 Å². The highest BCUT2D eigenvalue weighted by Crippen LogP contribution is 2.26. The third kappa shape index (κ3) is 4.82. The molecule has 30 heavy (non-hydrogen) atoms. The Morgan fingerprint density at radius 1 is 1.20 bits per heavy atom.